The quantitative estimate of drug-likeness (QED) is 0.753. The van der Waals surface area contributed by atoms with Crippen LogP contribution in [0, 0.1) is 20.8 Å². The molecular weight excluding hydrogens is 336 g/mol. The Labute approximate surface area is 150 Å². The summed E-state index contributed by atoms with van der Waals surface area (Å²) >= 11 is 1.58. The van der Waals surface area contributed by atoms with Crippen molar-refractivity contribution in [2.75, 3.05) is 12.4 Å². The number of aryl methyl sites for hydroxylation is 3. The highest BCUT2D eigenvalue weighted by molar-refractivity contribution is 7.09. The van der Waals surface area contributed by atoms with Gasteiger partial charge in [-0.25, -0.2) is 14.8 Å². The molecule has 130 valence electrons. The molecule has 0 fully saturated rings. The van der Waals surface area contributed by atoms with Crippen molar-refractivity contribution in [2.45, 2.75) is 27.3 Å². The van der Waals surface area contributed by atoms with E-state index in [0.29, 0.717) is 18.1 Å². The van der Waals surface area contributed by atoms with Crippen LogP contribution in [-0.4, -0.2) is 27.9 Å². The molecule has 6 nitrogen and oxygen atoms in total. The number of aromatic nitrogens is 2. The van der Waals surface area contributed by atoms with Gasteiger partial charge in [0, 0.05) is 23.7 Å². The molecule has 0 aliphatic carbocycles. The highest BCUT2D eigenvalue weighted by atomic mass is 32.1. The number of hydrogen-bond donors (Lipinski definition) is 1. The van der Waals surface area contributed by atoms with E-state index < -0.39 is 0 Å². The van der Waals surface area contributed by atoms with Gasteiger partial charge >= 0.3 is 6.03 Å². The molecule has 0 aliphatic heterocycles. The van der Waals surface area contributed by atoms with E-state index in [0.717, 1.165) is 27.7 Å². The summed E-state index contributed by atoms with van der Waals surface area (Å²) in [4.78, 5) is 22.8. The number of carbonyl (C=O) groups is 1. The maximum Gasteiger partial charge on any atom is 0.321 e. The van der Waals surface area contributed by atoms with Gasteiger partial charge in [-0.05, 0) is 39.0 Å². The molecule has 0 aliphatic rings. The zero-order valence-electron chi connectivity index (χ0n) is 14.7. The summed E-state index contributed by atoms with van der Waals surface area (Å²) in [6, 6.07) is 7.27. The first-order valence-corrected chi connectivity index (χ1v) is 8.78. The molecule has 0 atom stereocenters. The Bertz CT molecular complexity index is 881. The fraction of sp³-hybridized carbons (Fsp3) is 0.278. The summed E-state index contributed by atoms with van der Waals surface area (Å²) in [6.07, 6.45) is 0. The van der Waals surface area contributed by atoms with E-state index >= 15 is 0 Å². The van der Waals surface area contributed by atoms with Crippen molar-refractivity contribution >= 4 is 23.1 Å². The second kappa shape index (κ2) is 7.06. The molecule has 0 saturated heterocycles. The van der Waals surface area contributed by atoms with Crippen molar-refractivity contribution in [3.8, 4) is 11.5 Å². The summed E-state index contributed by atoms with van der Waals surface area (Å²) in [5.41, 5.74) is 3.27. The topological polar surface area (TPSA) is 71.3 Å². The average molecular weight is 356 g/mol. The smallest absolute Gasteiger partial charge is 0.321 e. The van der Waals surface area contributed by atoms with Crippen molar-refractivity contribution in [1.29, 1.82) is 0 Å². The fourth-order valence-electron chi connectivity index (χ4n) is 2.34. The molecule has 0 unspecified atom stereocenters. The minimum Gasteiger partial charge on any atom is -0.441 e. The second-order valence-electron chi connectivity index (χ2n) is 5.89. The van der Waals surface area contributed by atoms with Gasteiger partial charge in [0.25, 0.3) is 0 Å². The monoisotopic (exact) mass is 356 g/mol. The lowest BCUT2D eigenvalue weighted by Crippen LogP contribution is -2.30. The van der Waals surface area contributed by atoms with Gasteiger partial charge in [-0.15, -0.1) is 11.3 Å². The Morgan fingerprint density at radius 1 is 1.28 bits per heavy atom. The first kappa shape index (κ1) is 17.2. The number of amides is 2. The number of anilines is 1. The van der Waals surface area contributed by atoms with Crippen molar-refractivity contribution in [3.05, 3.63) is 51.8 Å². The van der Waals surface area contributed by atoms with Gasteiger partial charge in [0.1, 0.15) is 5.76 Å². The normalized spacial score (nSPS) is 10.7. The summed E-state index contributed by atoms with van der Waals surface area (Å²) in [5.74, 6) is 1.35. The van der Waals surface area contributed by atoms with Crippen LogP contribution in [0.25, 0.3) is 11.5 Å². The minimum atomic E-state index is -0.192. The van der Waals surface area contributed by atoms with E-state index in [2.05, 4.69) is 15.3 Å². The Hall–Kier alpha value is -2.67. The van der Waals surface area contributed by atoms with Crippen LogP contribution in [0.15, 0.2) is 34.1 Å². The number of nitrogens with zero attached hydrogens (tertiary/aromatic N) is 3. The van der Waals surface area contributed by atoms with E-state index in [1.165, 1.54) is 0 Å². The molecular formula is C18H20N4O2S. The van der Waals surface area contributed by atoms with E-state index in [1.807, 2.05) is 50.4 Å². The minimum absolute atomic E-state index is 0.192. The Balaban J connectivity index is 1.69. The molecule has 1 aromatic carbocycles. The van der Waals surface area contributed by atoms with Gasteiger partial charge in [0.2, 0.25) is 5.89 Å². The van der Waals surface area contributed by atoms with Crippen LogP contribution in [0.1, 0.15) is 22.2 Å². The number of nitrogens with one attached hydrogen (secondary N) is 1. The SMILES string of the molecule is Cc1nc(CN(C)C(=O)Nc2cccc(-c3nc(C)c(C)o3)c2)cs1. The van der Waals surface area contributed by atoms with E-state index in [-0.39, 0.29) is 6.03 Å². The summed E-state index contributed by atoms with van der Waals surface area (Å²) < 4.78 is 5.65. The molecule has 2 amide bonds. The molecule has 2 heterocycles. The number of rotatable bonds is 4. The number of carbonyl (C=O) groups excluding carboxylic acids is 1. The van der Waals surface area contributed by atoms with Gasteiger partial charge in [-0.1, -0.05) is 6.07 Å². The zero-order valence-corrected chi connectivity index (χ0v) is 15.5. The molecule has 2 aromatic heterocycles. The fourth-order valence-corrected chi connectivity index (χ4v) is 2.94. The largest absolute Gasteiger partial charge is 0.441 e. The number of benzene rings is 1. The van der Waals surface area contributed by atoms with Crippen LogP contribution in [-0.2, 0) is 6.54 Å². The standard InChI is InChI=1S/C18H20N4O2S/c1-11-12(2)24-17(19-11)14-6-5-7-15(8-14)21-18(23)22(4)9-16-10-25-13(3)20-16/h5-8,10H,9H2,1-4H3,(H,21,23). The first-order chi connectivity index (χ1) is 11.9. The molecule has 0 bridgehead atoms. The lowest BCUT2D eigenvalue weighted by molar-refractivity contribution is 0.220. The summed E-state index contributed by atoms with van der Waals surface area (Å²) in [5, 5.41) is 5.85. The van der Waals surface area contributed by atoms with Gasteiger partial charge < -0.3 is 14.6 Å². The average Bonchev–Trinajstić information content (AvgIpc) is 3.13. The highest BCUT2D eigenvalue weighted by Crippen LogP contribution is 2.24. The second-order valence-corrected chi connectivity index (χ2v) is 6.95. The zero-order chi connectivity index (χ0) is 18.0. The molecule has 7 heteroatoms. The number of oxazole rings is 1. The van der Waals surface area contributed by atoms with Crippen LogP contribution >= 0.6 is 11.3 Å². The Morgan fingerprint density at radius 3 is 2.72 bits per heavy atom. The molecule has 1 N–H and O–H groups in total. The van der Waals surface area contributed by atoms with Crippen molar-refractivity contribution in [3.63, 3.8) is 0 Å². The van der Waals surface area contributed by atoms with Gasteiger partial charge in [-0.3, -0.25) is 0 Å². The van der Waals surface area contributed by atoms with Crippen LogP contribution in [0.5, 0.6) is 0 Å². The third-order valence-electron chi connectivity index (χ3n) is 3.80. The van der Waals surface area contributed by atoms with Crippen molar-refractivity contribution < 1.29 is 9.21 Å². The number of hydrogen-bond acceptors (Lipinski definition) is 5. The van der Waals surface area contributed by atoms with E-state index in [9.17, 15) is 4.79 Å². The third kappa shape index (κ3) is 4.06. The first-order valence-electron chi connectivity index (χ1n) is 7.90. The maximum atomic E-state index is 12.4. The molecule has 3 rings (SSSR count). The predicted octanol–water partition coefficient (Wildman–Crippen LogP) is 4.39. The number of urea groups is 1. The highest BCUT2D eigenvalue weighted by Gasteiger charge is 2.13. The van der Waals surface area contributed by atoms with Gasteiger partial charge in [0.15, 0.2) is 0 Å². The Morgan fingerprint density at radius 2 is 2.08 bits per heavy atom. The molecule has 3 aromatic rings. The van der Waals surface area contributed by atoms with Crippen LogP contribution in [0.3, 0.4) is 0 Å². The van der Waals surface area contributed by atoms with E-state index in [1.54, 1.807) is 23.3 Å². The van der Waals surface area contributed by atoms with Gasteiger partial charge in [-0.2, -0.15) is 0 Å². The molecule has 25 heavy (non-hydrogen) atoms. The lowest BCUT2D eigenvalue weighted by Gasteiger charge is -2.17. The number of thiazole rings is 1. The summed E-state index contributed by atoms with van der Waals surface area (Å²) in [7, 11) is 1.74. The van der Waals surface area contributed by atoms with Crippen molar-refractivity contribution in [2.24, 2.45) is 0 Å². The van der Waals surface area contributed by atoms with Crippen molar-refractivity contribution in [1.82, 2.24) is 14.9 Å². The van der Waals surface area contributed by atoms with Crippen LogP contribution < -0.4 is 5.32 Å². The van der Waals surface area contributed by atoms with Crippen LogP contribution in [0.2, 0.25) is 0 Å². The van der Waals surface area contributed by atoms with Gasteiger partial charge in [0.05, 0.1) is 22.9 Å². The van der Waals surface area contributed by atoms with E-state index in [4.69, 9.17) is 4.42 Å². The molecule has 0 spiro atoms. The maximum absolute atomic E-state index is 12.4. The third-order valence-corrected chi connectivity index (χ3v) is 4.62. The summed E-state index contributed by atoms with van der Waals surface area (Å²) in [6.45, 7) is 6.20. The molecule has 0 saturated carbocycles. The molecule has 0 radical (unpaired) electrons. The Kier molecular flexibility index (Phi) is 4.85. The predicted molar refractivity (Wildman–Crippen MR) is 98.7 cm³/mol. The van der Waals surface area contributed by atoms with Crippen LogP contribution in [0.4, 0.5) is 10.5 Å². The lowest BCUT2D eigenvalue weighted by atomic mass is 10.2.